The van der Waals surface area contributed by atoms with Crippen LogP contribution in [-0.2, 0) is 19.9 Å². The van der Waals surface area contributed by atoms with E-state index in [4.69, 9.17) is 0 Å². The normalized spacial score (nSPS) is 24.3. The van der Waals surface area contributed by atoms with Crippen LogP contribution in [0.5, 0.6) is 0 Å². The van der Waals surface area contributed by atoms with Crippen molar-refractivity contribution >= 4 is 19.9 Å². The molecule has 5 nitrogen and oxygen atoms in total. The van der Waals surface area contributed by atoms with Gasteiger partial charge in [-0.25, -0.2) is 21.6 Å². The van der Waals surface area contributed by atoms with Crippen LogP contribution in [0.25, 0.3) is 0 Å². The highest BCUT2D eigenvalue weighted by molar-refractivity contribution is 7.95. The highest BCUT2D eigenvalue weighted by Crippen LogP contribution is 2.18. The molecule has 0 aromatic heterocycles. The standard InChI is InChI=1S/C10H21NO4S2/c1-3-9(4-2)7-11-17(14,15)10-5-6-16(12,13)8-10/h9-11H,3-8H2,1-2H3. The summed E-state index contributed by atoms with van der Waals surface area (Å²) in [5, 5.41) is -0.762. The predicted molar refractivity (Wildman–Crippen MR) is 68.1 cm³/mol. The fourth-order valence-corrected chi connectivity index (χ4v) is 6.10. The second kappa shape index (κ2) is 5.67. The molecular formula is C10H21NO4S2. The van der Waals surface area contributed by atoms with Crippen molar-refractivity contribution in [3.8, 4) is 0 Å². The second-order valence-corrected chi connectivity index (χ2v) is 8.88. The van der Waals surface area contributed by atoms with Crippen molar-refractivity contribution < 1.29 is 16.8 Å². The molecule has 0 bridgehead atoms. The highest BCUT2D eigenvalue weighted by atomic mass is 32.2. The molecule has 17 heavy (non-hydrogen) atoms. The Morgan fingerprint density at radius 2 is 1.88 bits per heavy atom. The lowest BCUT2D eigenvalue weighted by Crippen LogP contribution is -2.37. The van der Waals surface area contributed by atoms with Crippen LogP contribution >= 0.6 is 0 Å². The van der Waals surface area contributed by atoms with Crippen molar-refractivity contribution in [1.82, 2.24) is 4.72 Å². The summed E-state index contributed by atoms with van der Waals surface area (Å²) in [6.07, 6.45) is 2.06. The first-order chi connectivity index (χ1) is 7.80. The van der Waals surface area contributed by atoms with Crippen molar-refractivity contribution in [3.05, 3.63) is 0 Å². The molecule has 0 aromatic rings. The highest BCUT2D eigenvalue weighted by Gasteiger charge is 2.36. The Morgan fingerprint density at radius 1 is 1.29 bits per heavy atom. The van der Waals surface area contributed by atoms with Gasteiger partial charge < -0.3 is 0 Å². The van der Waals surface area contributed by atoms with Gasteiger partial charge in [0.1, 0.15) is 0 Å². The lowest BCUT2D eigenvalue weighted by atomic mass is 10.0. The molecule has 0 radical (unpaired) electrons. The van der Waals surface area contributed by atoms with Crippen LogP contribution in [-0.4, -0.2) is 40.1 Å². The minimum absolute atomic E-state index is 0.0104. The number of hydrogen-bond acceptors (Lipinski definition) is 4. The van der Waals surface area contributed by atoms with Gasteiger partial charge in [-0.1, -0.05) is 26.7 Å². The fraction of sp³-hybridized carbons (Fsp3) is 1.00. The molecule has 0 saturated carbocycles. The molecule has 0 spiro atoms. The lowest BCUT2D eigenvalue weighted by molar-refractivity contribution is 0.476. The molecule has 102 valence electrons. The molecule has 1 aliphatic rings. The van der Waals surface area contributed by atoms with Crippen molar-refractivity contribution in [2.45, 2.75) is 38.4 Å². The molecule has 1 rings (SSSR count). The monoisotopic (exact) mass is 283 g/mol. The maximum atomic E-state index is 11.9. The van der Waals surface area contributed by atoms with E-state index in [1.807, 2.05) is 13.8 Å². The van der Waals surface area contributed by atoms with E-state index in [2.05, 4.69) is 4.72 Å². The minimum Gasteiger partial charge on any atom is -0.229 e. The third-order valence-electron chi connectivity index (χ3n) is 3.36. The minimum atomic E-state index is -3.48. The molecule has 1 aliphatic heterocycles. The van der Waals surface area contributed by atoms with Gasteiger partial charge in [-0.15, -0.1) is 0 Å². The van der Waals surface area contributed by atoms with Crippen LogP contribution in [0.3, 0.4) is 0 Å². The summed E-state index contributed by atoms with van der Waals surface area (Å²) in [6.45, 7) is 4.44. The number of sulfonamides is 1. The zero-order chi connectivity index (χ0) is 13.1. The quantitative estimate of drug-likeness (QED) is 0.771. The van der Waals surface area contributed by atoms with E-state index in [1.54, 1.807) is 0 Å². The van der Waals surface area contributed by atoms with Crippen LogP contribution in [0.15, 0.2) is 0 Å². The summed E-state index contributed by atoms with van der Waals surface area (Å²) in [5.74, 6) is 0.0808. The smallest absolute Gasteiger partial charge is 0.215 e. The van der Waals surface area contributed by atoms with Crippen molar-refractivity contribution in [2.24, 2.45) is 5.92 Å². The van der Waals surface area contributed by atoms with Crippen LogP contribution in [0.2, 0.25) is 0 Å². The number of rotatable bonds is 6. The molecule has 7 heteroatoms. The lowest BCUT2D eigenvalue weighted by Gasteiger charge is -2.16. The fourth-order valence-electron chi connectivity index (χ4n) is 1.93. The van der Waals surface area contributed by atoms with Crippen LogP contribution < -0.4 is 4.72 Å². The summed E-state index contributed by atoms with van der Waals surface area (Å²) in [5.41, 5.74) is 0. The third kappa shape index (κ3) is 4.22. The van der Waals surface area contributed by atoms with Gasteiger partial charge >= 0.3 is 0 Å². The number of sulfone groups is 1. The van der Waals surface area contributed by atoms with Crippen LogP contribution in [0.1, 0.15) is 33.1 Å². The Labute approximate surface area is 104 Å². The van der Waals surface area contributed by atoms with Gasteiger partial charge in [0.25, 0.3) is 0 Å². The van der Waals surface area contributed by atoms with Gasteiger partial charge in [-0.3, -0.25) is 0 Å². The average Bonchev–Trinajstić information content (AvgIpc) is 2.61. The Bertz CT molecular complexity index is 437. The van der Waals surface area contributed by atoms with E-state index in [-0.39, 0.29) is 17.9 Å². The molecular weight excluding hydrogens is 262 g/mol. The van der Waals surface area contributed by atoms with E-state index in [0.717, 1.165) is 12.8 Å². The summed E-state index contributed by atoms with van der Waals surface area (Å²) >= 11 is 0. The van der Waals surface area contributed by atoms with Crippen molar-refractivity contribution in [3.63, 3.8) is 0 Å². The van der Waals surface area contributed by atoms with Gasteiger partial charge in [0.15, 0.2) is 9.84 Å². The number of hydrogen-bond donors (Lipinski definition) is 1. The van der Waals surface area contributed by atoms with Crippen molar-refractivity contribution in [2.75, 3.05) is 18.1 Å². The zero-order valence-corrected chi connectivity index (χ0v) is 12.0. The van der Waals surface area contributed by atoms with E-state index in [9.17, 15) is 16.8 Å². The largest absolute Gasteiger partial charge is 0.229 e. The first-order valence-electron chi connectivity index (χ1n) is 5.99. The first kappa shape index (κ1) is 14.9. The zero-order valence-electron chi connectivity index (χ0n) is 10.3. The van der Waals surface area contributed by atoms with E-state index in [0.29, 0.717) is 12.5 Å². The van der Waals surface area contributed by atoms with Gasteiger partial charge in [0.05, 0.1) is 16.8 Å². The second-order valence-electron chi connectivity index (χ2n) is 4.60. The molecule has 1 atom stereocenters. The number of nitrogens with one attached hydrogen (secondary N) is 1. The Morgan fingerprint density at radius 3 is 2.29 bits per heavy atom. The molecule has 1 heterocycles. The van der Waals surface area contributed by atoms with Gasteiger partial charge in [-0.05, 0) is 12.3 Å². The van der Waals surface area contributed by atoms with Gasteiger partial charge in [0.2, 0.25) is 10.0 Å². The van der Waals surface area contributed by atoms with E-state index in [1.165, 1.54) is 0 Å². The Kier molecular flexibility index (Phi) is 4.97. The Balaban J connectivity index is 2.58. The maximum absolute atomic E-state index is 11.9. The summed E-state index contributed by atoms with van der Waals surface area (Å²) in [4.78, 5) is 0. The van der Waals surface area contributed by atoms with E-state index >= 15 is 0 Å². The molecule has 0 amide bonds. The van der Waals surface area contributed by atoms with Gasteiger partial charge in [-0.2, -0.15) is 0 Å². The third-order valence-corrected chi connectivity index (χ3v) is 7.19. The molecule has 0 aromatic carbocycles. The first-order valence-corrected chi connectivity index (χ1v) is 9.36. The molecule has 1 fully saturated rings. The van der Waals surface area contributed by atoms with Gasteiger partial charge in [0, 0.05) is 6.54 Å². The van der Waals surface area contributed by atoms with Crippen LogP contribution in [0, 0.1) is 5.92 Å². The SMILES string of the molecule is CCC(CC)CNS(=O)(=O)C1CCS(=O)(=O)C1. The summed E-state index contributed by atoms with van der Waals surface area (Å²) in [7, 11) is -6.62. The van der Waals surface area contributed by atoms with E-state index < -0.39 is 25.1 Å². The van der Waals surface area contributed by atoms with Crippen LogP contribution in [0.4, 0.5) is 0 Å². The molecule has 1 N–H and O–H groups in total. The summed E-state index contributed by atoms with van der Waals surface area (Å²) < 4.78 is 48.8. The predicted octanol–water partition coefficient (Wildman–Crippen LogP) is 0.529. The topological polar surface area (TPSA) is 80.3 Å². The molecule has 1 unspecified atom stereocenters. The van der Waals surface area contributed by atoms with Crippen molar-refractivity contribution in [1.29, 1.82) is 0 Å². The maximum Gasteiger partial charge on any atom is 0.215 e. The molecule has 0 aliphatic carbocycles. The Hall–Kier alpha value is -0.140. The molecule has 1 saturated heterocycles. The summed E-state index contributed by atoms with van der Waals surface area (Å²) in [6, 6.07) is 0. The average molecular weight is 283 g/mol.